The minimum absolute atomic E-state index is 0. The van der Waals surface area contributed by atoms with E-state index >= 15 is 0 Å². The predicted molar refractivity (Wildman–Crippen MR) is 108 cm³/mol. The van der Waals surface area contributed by atoms with Crippen LogP contribution in [0.2, 0.25) is 5.02 Å². The van der Waals surface area contributed by atoms with E-state index in [1.807, 2.05) is 37.1 Å². The van der Waals surface area contributed by atoms with Crippen molar-refractivity contribution in [2.45, 2.75) is 33.6 Å². The zero-order chi connectivity index (χ0) is 17.0. The van der Waals surface area contributed by atoms with Crippen molar-refractivity contribution in [2.75, 3.05) is 11.9 Å². The van der Waals surface area contributed by atoms with Gasteiger partial charge in [-0.2, -0.15) is 0 Å². The third-order valence-corrected chi connectivity index (χ3v) is 4.38. The van der Waals surface area contributed by atoms with Gasteiger partial charge in [0.1, 0.15) is 0 Å². The molecule has 0 saturated heterocycles. The van der Waals surface area contributed by atoms with E-state index in [1.165, 1.54) is 5.56 Å². The molecule has 0 amide bonds. The van der Waals surface area contributed by atoms with Crippen molar-refractivity contribution in [2.24, 2.45) is 10.7 Å². The van der Waals surface area contributed by atoms with Gasteiger partial charge < -0.3 is 10.6 Å². The Morgan fingerprint density at radius 2 is 1.88 bits per heavy atom. The standard InChI is InChI=1S/C19H24ClN3.ClH/c1-5-14-8-7-9-16(12-14)23(4)19(21)22-17-11-13(3)10-15(6-2)18(17)20;/h7-12H,5-6H2,1-4H3,(H2,21,22);1H. The highest BCUT2D eigenvalue weighted by atomic mass is 35.5. The van der Waals surface area contributed by atoms with Crippen LogP contribution in [0.5, 0.6) is 0 Å². The minimum Gasteiger partial charge on any atom is -0.369 e. The van der Waals surface area contributed by atoms with E-state index in [-0.39, 0.29) is 12.4 Å². The second-order valence-corrected chi connectivity index (χ2v) is 6.04. The van der Waals surface area contributed by atoms with Crippen LogP contribution < -0.4 is 10.6 Å². The molecule has 0 spiro atoms. The Balaban J connectivity index is 0.00000288. The van der Waals surface area contributed by atoms with Crippen LogP contribution in [0.3, 0.4) is 0 Å². The Labute approximate surface area is 155 Å². The number of benzene rings is 2. The van der Waals surface area contributed by atoms with Gasteiger partial charge in [0, 0.05) is 12.7 Å². The van der Waals surface area contributed by atoms with Crippen molar-refractivity contribution in [3.05, 3.63) is 58.1 Å². The van der Waals surface area contributed by atoms with E-state index in [4.69, 9.17) is 17.3 Å². The molecule has 0 aliphatic heterocycles. The molecule has 0 aliphatic carbocycles. The second kappa shape index (κ2) is 8.95. The van der Waals surface area contributed by atoms with Gasteiger partial charge >= 0.3 is 0 Å². The monoisotopic (exact) mass is 365 g/mol. The number of rotatable bonds is 4. The smallest absolute Gasteiger partial charge is 0.200 e. The lowest BCUT2D eigenvalue weighted by atomic mass is 10.1. The third-order valence-electron chi connectivity index (χ3n) is 3.94. The molecule has 0 aliphatic rings. The van der Waals surface area contributed by atoms with Crippen molar-refractivity contribution >= 4 is 41.3 Å². The van der Waals surface area contributed by atoms with Crippen molar-refractivity contribution in [3.63, 3.8) is 0 Å². The van der Waals surface area contributed by atoms with Gasteiger partial charge in [-0.1, -0.05) is 43.6 Å². The van der Waals surface area contributed by atoms with Crippen LogP contribution in [-0.2, 0) is 12.8 Å². The number of nitrogens with zero attached hydrogens (tertiary/aromatic N) is 2. The molecular formula is C19H25Cl2N3. The molecule has 2 rings (SSSR count). The fraction of sp³-hybridized carbons (Fsp3) is 0.316. The average Bonchev–Trinajstić information content (AvgIpc) is 2.56. The lowest BCUT2D eigenvalue weighted by Gasteiger charge is -2.19. The number of anilines is 1. The number of hydrogen-bond donors (Lipinski definition) is 1. The summed E-state index contributed by atoms with van der Waals surface area (Å²) in [7, 11) is 1.91. The summed E-state index contributed by atoms with van der Waals surface area (Å²) in [5.74, 6) is 0.424. The molecule has 5 heteroatoms. The van der Waals surface area contributed by atoms with Crippen LogP contribution in [0.25, 0.3) is 0 Å². The predicted octanol–water partition coefficient (Wildman–Crippen LogP) is 5.28. The maximum absolute atomic E-state index is 6.44. The van der Waals surface area contributed by atoms with Gasteiger partial charge in [-0.25, -0.2) is 4.99 Å². The number of halogens is 2. The van der Waals surface area contributed by atoms with E-state index < -0.39 is 0 Å². The number of nitrogens with two attached hydrogens (primary N) is 1. The molecule has 2 aromatic rings. The van der Waals surface area contributed by atoms with Gasteiger partial charge in [-0.15, -0.1) is 12.4 Å². The summed E-state index contributed by atoms with van der Waals surface area (Å²) in [6.45, 7) is 6.26. The molecule has 24 heavy (non-hydrogen) atoms. The summed E-state index contributed by atoms with van der Waals surface area (Å²) >= 11 is 6.44. The Bertz CT molecular complexity index is 727. The van der Waals surface area contributed by atoms with Crippen LogP contribution in [0.4, 0.5) is 11.4 Å². The van der Waals surface area contributed by atoms with E-state index in [9.17, 15) is 0 Å². The second-order valence-electron chi connectivity index (χ2n) is 5.66. The summed E-state index contributed by atoms with van der Waals surface area (Å²) in [4.78, 5) is 6.43. The maximum atomic E-state index is 6.44. The fourth-order valence-corrected chi connectivity index (χ4v) is 2.76. The molecule has 0 fully saturated rings. The largest absolute Gasteiger partial charge is 0.369 e. The summed E-state index contributed by atoms with van der Waals surface area (Å²) in [5, 5.41) is 0.678. The fourth-order valence-electron chi connectivity index (χ4n) is 2.48. The number of guanidine groups is 1. The summed E-state index contributed by atoms with van der Waals surface area (Å²) in [6.07, 6.45) is 1.86. The first-order valence-corrected chi connectivity index (χ1v) is 8.29. The van der Waals surface area contributed by atoms with Crippen molar-refractivity contribution in [3.8, 4) is 0 Å². The summed E-state index contributed by atoms with van der Waals surface area (Å²) in [6, 6.07) is 12.3. The highest BCUT2D eigenvalue weighted by molar-refractivity contribution is 6.34. The highest BCUT2D eigenvalue weighted by Gasteiger charge is 2.10. The first-order chi connectivity index (χ1) is 11.0. The topological polar surface area (TPSA) is 41.6 Å². The molecule has 2 N–H and O–H groups in total. The Hall–Kier alpha value is -1.71. The average molecular weight is 366 g/mol. The number of aliphatic imine (C=N–C) groups is 1. The Morgan fingerprint density at radius 1 is 1.17 bits per heavy atom. The van der Waals surface area contributed by atoms with Crippen molar-refractivity contribution < 1.29 is 0 Å². The van der Waals surface area contributed by atoms with E-state index in [0.29, 0.717) is 11.0 Å². The van der Waals surface area contributed by atoms with E-state index in [1.54, 1.807) is 0 Å². The van der Waals surface area contributed by atoms with Crippen LogP contribution >= 0.6 is 24.0 Å². The number of aryl methyl sites for hydroxylation is 3. The lowest BCUT2D eigenvalue weighted by molar-refractivity contribution is 1.12. The normalized spacial score (nSPS) is 11.1. The molecule has 0 unspecified atom stereocenters. The Kier molecular flexibility index (Phi) is 7.59. The SMILES string of the molecule is CCc1cccc(N(C)C(N)=Nc2cc(C)cc(CC)c2Cl)c1.Cl. The molecule has 3 nitrogen and oxygen atoms in total. The molecule has 0 atom stereocenters. The van der Waals surface area contributed by atoms with Crippen molar-refractivity contribution in [1.82, 2.24) is 0 Å². The van der Waals surface area contributed by atoms with Crippen LogP contribution in [0.15, 0.2) is 41.4 Å². The minimum atomic E-state index is 0. The lowest BCUT2D eigenvalue weighted by Crippen LogP contribution is -2.33. The van der Waals surface area contributed by atoms with Crippen molar-refractivity contribution in [1.29, 1.82) is 0 Å². The van der Waals surface area contributed by atoms with Crippen LogP contribution in [0.1, 0.15) is 30.5 Å². The zero-order valence-electron chi connectivity index (χ0n) is 14.6. The first kappa shape index (κ1) is 20.3. The zero-order valence-corrected chi connectivity index (χ0v) is 16.2. The van der Waals surface area contributed by atoms with Gasteiger partial charge in [-0.05, 0) is 54.7 Å². The van der Waals surface area contributed by atoms with Gasteiger partial charge in [-0.3, -0.25) is 0 Å². The molecule has 0 aromatic heterocycles. The van der Waals surface area contributed by atoms with Crippen LogP contribution in [0, 0.1) is 6.92 Å². The molecular weight excluding hydrogens is 341 g/mol. The maximum Gasteiger partial charge on any atom is 0.200 e. The summed E-state index contributed by atoms with van der Waals surface area (Å²) in [5.41, 5.74) is 11.4. The number of hydrogen-bond acceptors (Lipinski definition) is 1. The molecule has 0 bridgehead atoms. The Morgan fingerprint density at radius 3 is 2.50 bits per heavy atom. The molecule has 130 valence electrons. The molecule has 0 radical (unpaired) electrons. The quantitative estimate of drug-likeness (QED) is 0.591. The highest BCUT2D eigenvalue weighted by Crippen LogP contribution is 2.31. The first-order valence-electron chi connectivity index (χ1n) is 7.92. The third kappa shape index (κ3) is 4.65. The van der Waals surface area contributed by atoms with Gasteiger partial charge in [0.15, 0.2) is 0 Å². The molecule has 2 aromatic carbocycles. The molecule has 0 heterocycles. The van der Waals surface area contributed by atoms with Gasteiger partial charge in [0.25, 0.3) is 0 Å². The molecule has 0 saturated carbocycles. The van der Waals surface area contributed by atoms with E-state index in [2.05, 4.69) is 37.0 Å². The van der Waals surface area contributed by atoms with Gasteiger partial charge in [0.2, 0.25) is 5.96 Å². The van der Waals surface area contributed by atoms with Gasteiger partial charge in [0.05, 0.1) is 10.7 Å². The van der Waals surface area contributed by atoms with E-state index in [0.717, 1.165) is 35.3 Å². The van der Waals surface area contributed by atoms with Crippen LogP contribution in [-0.4, -0.2) is 13.0 Å². The summed E-state index contributed by atoms with van der Waals surface area (Å²) < 4.78 is 0.